The van der Waals surface area contributed by atoms with E-state index in [0.717, 1.165) is 6.07 Å². The molecule has 0 saturated carbocycles. The van der Waals surface area contributed by atoms with Crippen molar-refractivity contribution in [1.29, 1.82) is 0 Å². The fraction of sp³-hybridized carbons (Fsp3) is 0.0714. The van der Waals surface area contributed by atoms with Gasteiger partial charge in [0.05, 0.1) is 16.1 Å². The summed E-state index contributed by atoms with van der Waals surface area (Å²) >= 11 is 1.28. The van der Waals surface area contributed by atoms with Crippen molar-refractivity contribution in [3.8, 4) is 0 Å². The molecule has 0 aliphatic rings. The van der Waals surface area contributed by atoms with Crippen molar-refractivity contribution in [2.45, 2.75) is 6.18 Å². The Labute approximate surface area is 117 Å². The van der Waals surface area contributed by atoms with Crippen LogP contribution in [0.15, 0.2) is 54.1 Å². The minimum Gasteiger partial charge on any atom is -0.361 e. The summed E-state index contributed by atoms with van der Waals surface area (Å²) in [5.74, 6) is -0.253. The van der Waals surface area contributed by atoms with Gasteiger partial charge in [0.2, 0.25) is 0 Å². The lowest BCUT2D eigenvalue weighted by Gasteiger charge is -2.11. The van der Waals surface area contributed by atoms with Crippen LogP contribution in [0.1, 0.15) is 15.2 Å². The van der Waals surface area contributed by atoms with Crippen molar-refractivity contribution in [1.82, 2.24) is 0 Å². The molecule has 104 valence electrons. The van der Waals surface area contributed by atoms with Crippen molar-refractivity contribution < 1.29 is 18.0 Å². The Bertz CT molecular complexity index is 618. The Kier molecular flexibility index (Phi) is 4.24. The first-order valence-electron chi connectivity index (χ1n) is 5.65. The van der Waals surface area contributed by atoms with Gasteiger partial charge in [-0.15, -0.1) is 11.3 Å². The van der Waals surface area contributed by atoms with Gasteiger partial charge in [0.25, 0.3) is 0 Å². The number of ketones is 1. The first kappa shape index (κ1) is 14.3. The van der Waals surface area contributed by atoms with E-state index in [1.807, 2.05) is 0 Å². The summed E-state index contributed by atoms with van der Waals surface area (Å²) in [5, 5.41) is 4.25. The molecule has 2 rings (SSSR count). The third-order valence-electron chi connectivity index (χ3n) is 2.47. The van der Waals surface area contributed by atoms with E-state index in [4.69, 9.17) is 0 Å². The molecule has 0 aliphatic carbocycles. The van der Waals surface area contributed by atoms with Gasteiger partial charge >= 0.3 is 6.18 Å². The maximum Gasteiger partial charge on any atom is 0.418 e. The predicted molar refractivity (Wildman–Crippen MR) is 72.9 cm³/mol. The van der Waals surface area contributed by atoms with Crippen LogP contribution in [0, 0.1) is 0 Å². The maximum atomic E-state index is 12.7. The summed E-state index contributed by atoms with van der Waals surface area (Å²) in [7, 11) is 0. The van der Waals surface area contributed by atoms with E-state index < -0.39 is 11.7 Å². The highest BCUT2D eigenvalue weighted by atomic mass is 32.1. The Hall–Kier alpha value is -2.08. The summed E-state index contributed by atoms with van der Waals surface area (Å²) in [6.07, 6.45) is -2.01. The highest BCUT2D eigenvalue weighted by molar-refractivity contribution is 7.12. The van der Waals surface area contributed by atoms with E-state index in [9.17, 15) is 18.0 Å². The number of hydrogen-bond donors (Lipinski definition) is 1. The SMILES string of the molecule is O=C(C=CNc1ccccc1C(F)(F)F)c1cccs1. The van der Waals surface area contributed by atoms with Crippen molar-refractivity contribution >= 4 is 22.8 Å². The largest absolute Gasteiger partial charge is 0.418 e. The lowest BCUT2D eigenvalue weighted by molar-refractivity contribution is -0.136. The van der Waals surface area contributed by atoms with Gasteiger partial charge in [-0.3, -0.25) is 4.79 Å². The van der Waals surface area contributed by atoms with Crippen LogP contribution < -0.4 is 5.32 Å². The van der Waals surface area contributed by atoms with Gasteiger partial charge in [-0.1, -0.05) is 18.2 Å². The first-order valence-corrected chi connectivity index (χ1v) is 6.53. The number of nitrogens with one attached hydrogen (secondary N) is 1. The Morgan fingerprint density at radius 1 is 1.15 bits per heavy atom. The molecule has 1 aromatic heterocycles. The van der Waals surface area contributed by atoms with Crippen LogP contribution in [0.3, 0.4) is 0 Å². The molecule has 1 N–H and O–H groups in total. The van der Waals surface area contributed by atoms with Crippen molar-refractivity contribution in [2.75, 3.05) is 5.32 Å². The number of halogens is 3. The highest BCUT2D eigenvalue weighted by Crippen LogP contribution is 2.34. The number of para-hydroxylation sites is 1. The molecular formula is C14H10F3NOS. The van der Waals surface area contributed by atoms with Gasteiger partial charge in [0, 0.05) is 12.3 Å². The van der Waals surface area contributed by atoms with E-state index >= 15 is 0 Å². The van der Waals surface area contributed by atoms with Crippen LogP contribution in [0.5, 0.6) is 0 Å². The molecule has 0 radical (unpaired) electrons. The van der Waals surface area contributed by atoms with Crippen molar-refractivity contribution in [3.63, 3.8) is 0 Å². The number of carbonyl (C=O) groups excluding carboxylic acids is 1. The molecule has 1 aromatic carbocycles. The predicted octanol–water partition coefficient (Wildman–Crippen LogP) is 4.58. The number of carbonyl (C=O) groups is 1. The van der Waals surface area contributed by atoms with Crippen LogP contribution in [0.4, 0.5) is 18.9 Å². The number of benzene rings is 1. The van der Waals surface area contributed by atoms with Gasteiger partial charge in [-0.2, -0.15) is 13.2 Å². The summed E-state index contributed by atoms with van der Waals surface area (Å²) < 4.78 is 38.2. The zero-order chi connectivity index (χ0) is 14.6. The molecular weight excluding hydrogens is 287 g/mol. The molecule has 20 heavy (non-hydrogen) atoms. The van der Waals surface area contributed by atoms with Crippen LogP contribution in [-0.4, -0.2) is 5.78 Å². The smallest absolute Gasteiger partial charge is 0.361 e. The molecule has 2 nitrogen and oxygen atoms in total. The fourth-order valence-electron chi connectivity index (χ4n) is 1.56. The normalized spacial score (nSPS) is 11.8. The first-order chi connectivity index (χ1) is 9.48. The number of rotatable bonds is 4. The molecule has 1 heterocycles. The topological polar surface area (TPSA) is 29.1 Å². The Balaban J connectivity index is 2.10. The molecule has 0 amide bonds. The quantitative estimate of drug-likeness (QED) is 0.661. The van der Waals surface area contributed by atoms with Crippen LogP contribution in [0.2, 0.25) is 0 Å². The molecule has 0 unspecified atom stereocenters. The monoisotopic (exact) mass is 297 g/mol. The molecule has 0 bridgehead atoms. The summed E-state index contributed by atoms with van der Waals surface area (Å²) in [6, 6.07) is 8.49. The molecule has 6 heteroatoms. The van der Waals surface area contributed by atoms with Crippen LogP contribution in [0.25, 0.3) is 0 Å². The van der Waals surface area contributed by atoms with Crippen LogP contribution in [-0.2, 0) is 6.18 Å². The fourth-order valence-corrected chi connectivity index (χ4v) is 2.21. The van der Waals surface area contributed by atoms with Crippen LogP contribution >= 0.6 is 11.3 Å². The third kappa shape index (κ3) is 3.48. The molecule has 0 spiro atoms. The second-order valence-corrected chi connectivity index (χ2v) is 4.81. The highest BCUT2D eigenvalue weighted by Gasteiger charge is 2.32. The average molecular weight is 297 g/mol. The third-order valence-corrected chi connectivity index (χ3v) is 3.35. The second-order valence-electron chi connectivity index (χ2n) is 3.86. The number of allylic oxidation sites excluding steroid dienone is 1. The van der Waals surface area contributed by atoms with Gasteiger partial charge in [-0.05, 0) is 23.6 Å². The lowest BCUT2D eigenvalue weighted by atomic mass is 10.1. The van der Waals surface area contributed by atoms with E-state index in [0.29, 0.717) is 4.88 Å². The number of alkyl halides is 3. The Morgan fingerprint density at radius 2 is 1.90 bits per heavy atom. The van der Waals surface area contributed by atoms with E-state index in [1.54, 1.807) is 17.5 Å². The minimum absolute atomic E-state index is 0.0878. The Morgan fingerprint density at radius 3 is 2.55 bits per heavy atom. The number of thiophene rings is 1. The van der Waals surface area contributed by atoms with Gasteiger partial charge in [-0.25, -0.2) is 0 Å². The van der Waals surface area contributed by atoms with Crippen molar-refractivity contribution in [3.05, 3.63) is 64.5 Å². The van der Waals surface area contributed by atoms with Gasteiger partial charge < -0.3 is 5.32 Å². The standard InChI is InChI=1S/C14H10F3NOS/c15-14(16,17)10-4-1-2-5-11(10)18-8-7-12(19)13-6-3-9-20-13/h1-9,18H. The summed E-state index contributed by atoms with van der Waals surface area (Å²) in [6.45, 7) is 0. The van der Waals surface area contributed by atoms with E-state index in [1.165, 1.54) is 41.8 Å². The zero-order valence-corrected chi connectivity index (χ0v) is 11.0. The second kappa shape index (κ2) is 5.92. The summed E-state index contributed by atoms with van der Waals surface area (Å²) in [4.78, 5) is 12.2. The minimum atomic E-state index is -4.44. The van der Waals surface area contributed by atoms with E-state index in [-0.39, 0.29) is 11.5 Å². The average Bonchev–Trinajstić information content (AvgIpc) is 2.92. The van der Waals surface area contributed by atoms with E-state index in [2.05, 4.69) is 5.32 Å². The molecule has 0 fully saturated rings. The molecule has 0 saturated heterocycles. The number of anilines is 1. The lowest BCUT2D eigenvalue weighted by Crippen LogP contribution is -2.08. The molecule has 0 atom stereocenters. The molecule has 2 aromatic rings. The van der Waals surface area contributed by atoms with Gasteiger partial charge in [0.1, 0.15) is 0 Å². The molecule has 0 aliphatic heterocycles. The van der Waals surface area contributed by atoms with Gasteiger partial charge in [0.15, 0.2) is 5.78 Å². The van der Waals surface area contributed by atoms with Crippen molar-refractivity contribution in [2.24, 2.45) is 0 Å². The zero-order valence-electron chi connectivity index (χ0n) is 10.1. The summed E-state index contributed by atoms with van der Waals surface area (Å²) in [5.41, 5.74) is -0.858. The number of hydrogen-bond acceptors (Lipinski definition) is 3. The maximum absolute atomic E-state index is 12.7.